The summed E-state index contributed by atoms with van der Waals surface area (Å²) >= 11 is 0. The Hall–Kier alpha value is -3.13. The summed E-state index contributed by atoms with van der Waals surface area (Å²) in [5.74, 6) is 0.322. The topological polar surface area (TPSA) is 94.6 Å². The summed E-state index contributed by atoms with van der Waals surface area (Å²) in [5, 5.41) is 3.85. The van der Waals surface area contributed by atoms with E-state index in [2.05, 4.69) is 14.7 Å². The molecule has 1 fully saturated rings. The number of anilines is 1. The first-order valence-corrected chi connectivity index (χ1v) is 11.2. The Kier molecular flexibility index (Phi) is 5.11. The van der Waals surface area contributed by atoms with Gasteiger partial charge in [-0.25, -0.2) is 0 Å². The molecule has 0 bridgehead atoms. The van der Waals surface area contributed by atoms with Gasteiger partial charge in [0.2, 0.25) is 0 Å². The lowest BCUT2D eigenvalue weighted by atomic mass is 10.1. The molecule has 1 saturated heterocycles. The van der Waals surface area contributed by atoms with E-state index in [1.165, 1.54) is 12.1 Å². The number of nitrogens with one attached hydrogen (secondary N) is 2. The number of para-hydroxylation sites is 1. The molecule has 1 aliphatic rings. The van der Waals surface area contributed by atoms with Gasteiger partial charge in [0.1, 0.15) is 5.84 Å². The number of benzene rings is 2. The van der Waals surface area contributed by atoms with Crippen molar-refractivity contribution in [3.63, 3.8) is 0 Å². The van der Waals surface area contributed by atoms with E-state index in [4.69, 9.17) is 0 Å². The lowest BCUT2D eigenvalue weighted by Crippen LogP contribution is -2.20. The predicted molar refractivity (Wildman–Crippen MR) is 119 cm³/mol. The van der Waals surface area contributed by atoms with Crippen molar-refractivity contribution in [1.82, 2.24) is 9.88 Å². The zero-order valence-electron chi connectivity index (χ0n) is 17.2. The molecule has 30 heavy (non-hydrogen) atoms. The standard InChI is InChI=1S/C22H24N4O3S/c1-14-15(2)23-21-18(14)6-4-7-19(21)22(27)24-16-9-11-17(12-10-16)30(28,29)25-20-8-5-13-26(20)3/h4,6-7,9-12,23H,5,8,13H2,1-3H3,(H,24,27). The van der Waals surface area contributed by atoms with Gasteiger partial charge in [-0.1, -0.05) is 12.1 Å². The third-order valence-electron chi connectivity index (χ3n) is 5.56. The Labute approximate surface area is 175 Å². The van der Waals surface area contributed by atoms with Crippen LogP contribution in [0.4, 0.5) is 5.69 Å². The molecule has 0 unspecified atom stereocenters. The van der Waals surface area contributed by atoms with Crippen molar-refractivity contribution < 1.29 is 13.2 Å². The SMILES string of the molecule is Cc1[nH]c2c(C(=O)Nc3ccc(S(=O)(=O)N=C4CCCN4C)cc3)cccc2c1C. The number of nitrogens with zero attached hydrogens (tertiary/aromatic N) is 2. The van der Waals surface area contributed by atoms with Crippen molar-refractivity contribution in [1.29, 1.82) is 0 Å². The van der Waals surface area contributed by atoms with Gasteiger partial charge in [0.15, 0.2) is 0 Å². The second kappa shape index (κ2) is 7.60. The average Bonchev–Trinajstić information content (AvgIpc) is 3.24. The smallest absolute Gasteiger partial charge is 0.283 e. The quantitative estimate of drug-likeness (QED) is 0.665. The van der Waals surface area contributed by atoms with Crippen molar-refractivity contribution in [3.8, 4) is 0 Å². The highest BCUT2D eigenvalue weighted by atomic mass is 32.2. The van der Waals surface area contributed by atoms with E-state index in [0.717, 1.165) is 35.1 Å². The fourth-order valence-corrected chi connectivity index (χ4v) is 4.78. The molecule has 2 heterocycles. The summed E-state index contributed by atoms with van der Waals surface area (Å²) in [6.07, 6.45) is 1.57. The molecule has 7 nitrogen and oxygen atoms in total. The molecule has 0 radical (unpaired) electrons. The molecule has 2 N–H and O–H groups in total. The number of fused-ring (bicyclic) bond motifs is 1. The van der Waals surface area contributed by atoms with Crippen LogP contribution in [0.2, 0.25) is 0 Å². The Morgan fingerprint density at radius 3 is 2.53 bits per heavy atom. The fourth-order valence-electron chi connectivity index (χ4n) is 3.68. The molecule has 3 aromatic rings. The average molecular weight is 425 g/mol. The van der Waals surface area contributed by atoms with Crippen LogP contribution in [0.25, 0.3) is 10.9 Å². The van der Waals surface area contributed by atoms with E-state index < -0.39 is 10.0 Å². The maximum absolute atomic E-state index is 12.8. The van der Waals surface area contributed by atoms with Gasteiger partial charge in [0.05, 0.1) is 16.0 Å². The van der Waals surface area contributed by atoms with Crippen molar-refractivity contribution in [2.75, 3.05) is 18.9 Å². The molecule has 1 aliphatic heterocycles. The Balaban J connectivity index is 1.56. The van der Waals surface area contributed by atoms with E-state index in [1.807, 2.05) is 37.9 Å². The summed E-state index contributed by atoms with van der Waals surface area (Å²) in [6, 6.07) is 11.7. The van der Waals surface area contributed by atoms with Gasteiger partial charge in [-0.05, 0) is 56.2 Å². The monoisotopic (exact) mass is 424 g/mol. The number of aryl methyl sites for hydroxylation is 2. The van der Waals surface area contributed by atoms with Crippen LogP contribution in [0, 0.1) is 13.8 Å². The first-order valence-electron chi connectivity index (χ1n) is 9.80. The van der Waals surface area contributed by atoms with E-state index >= 15 is 0 Å². The number of hydrogen-bond acceptors (Lipinski definition) is 3. The number of aromatic amines is 1. The fraction of sp³-hybridized carbons (Fsp3) is 0.273. The lowest BCUT2D eigenvalue weighted by Gasteiger charge is -2.11. The van der Waals surface area contributed by atoms with Crippen LogP contribution in [0.3, 0.4) is 0 Å². The molecule has 1 aromatic heterocycles. The number of carbonyl (C=O) groups excluding carboxylic acids is 1. The number of rotatable bonds is 4. The highest BCUT2D eigenvalue weighted by Gasteiger charge is 2.20. The molecule has 2 aromatic carbocycles. The number of H-pyrrole nitrogens is 1. The van der Waals surface area contributed by atoms with Crippen molar-refractivity contribution in [2.45, 2.75) is 31.6 Å². The Morgan fingerprint density at radius 1 is 1.13 bits per heavy atom. The van der Waals surface area contributed by atoms with Crippen LogP contribution < -0.4 is 5.32 Å². The molecule has 4 rings (SSSR count). The van der Waals surface area contributed by atoms with Crippen molar-refractivity contribution >= 4 is 38.4 Å². The molecule has 0 saturated carbocycles. The molecule has 1 amide bonds. The van der Waals surface area contributed by atoms with Crippen LogP contribution in [-0.2, 0) is 10.0 Å². The summed E-state index contributed by atoms with van der Waals surface area (Å²) in [5.41, 5.74) is 3.98. The molecule has 0 spiro atoms. The van der Waals surface area contributed by atoms with Gasteiger partial charge in [-0.3, -0.25) is 4.79 Å². The maximum Gasteiger partial charge on any atom is 0.283 e. The minimum Gasteiger partial charge on any atom is -0.362 e. The van der Waals surface area contributed by atoms with Gasteiger partial charge in [0.25, 0.3) is 15.9 Å². The van der Waals surface area contributed by atoms with E-state index in [1.54, 1.807) is 18.2 Å². The number of sulfonamides is 1. The highest BCUT2D eigenvalue weighted by molar-refractivity contribution is 7.90. The predicted octanol–water partition coefficient (Wildman–Crippen LogP) is 3.85. The first kappa shape index (κ1) is 20.2. The number of amides is 1. The summed E-state index contributed by atoms with van der Waals surface area (Å²) in [7, 11) is -1.94. The van der Waals surface area contributed by atoms with Crippen LogP contribution >= 0.6 is 0 Å². The summed E-state index contributed by atoms with van der Waals surface area (Å²) in [4.78, 5) is 18.1. The second-order valence-electron chi connectivity index (χ2n) is 7.59. The first-order chi connectivity index (χ1) is 14.3. The number of amidine groups is 1. The number of likely N-dealkylation sites (tertiary alicyclic amines) is 1. The van der Waals surface area contributed by atoms with Crippen LogP contribution in [-0.4, -0.2) is 43.6 Å². The molecule has 8 heteroatoms. The number of aromatic nitrogens is 1. The highest BCUT2D eigenvalue weighted by Crippen LogP contribution is 2.25. The molecular weight excluding hydrogens is 400 g/mol. The van der Waals surface area contributed by atoms with E-state index in [9.17, 15) is 13.2 Å². The molecule has 156 valence electrons. The van der Waals surface area contributed by atoms with E-state index in [0.29, 0.717) is 23.5 Å². The van der Waals surface area contributed by atoms with Gasteiger partial charge in [0, 0.05) is 36.8 Å². The van der Waals surface area contributed by atoms with Gasteiger partial charge >= 0.3 is 0 Å². The maximum atomic E-state index is 12.8. The minimum absolute atomic E-state index is 0.103. The summed E-state index contributed by atoms with van der Waals surface area (Å²) < 4.78 is 29.1. The van der Waals surface area contributed by atoms with Gasteiger partial charge in [-0.2, -0.15) is 8.42 Å². The van der Waals surface area contributed by atoms with Gasteiger partial charge in [-0.15, -0.1) is 4.40 Å². The molecule has 0 atom stereocenters. The zero-order chi connectivity index (χ0) is 21.5. The molecular formula is C22H24N4O3S. The van der Waals surface area contributed by atoms with Crippen LogP contribution in [0.15, 0.2) is 51.8 Å². The van der Waals surface area contributed by atoms with Crippen LogP contribution in [0.1, 0.15) is 34.5 Å². The molecule has 0 aliphatic carbocycles. The van der Waals surface area contributed by atoms with Crippen molar-refractivity contribution in [3.05, 3.63) is 59.3 Å². The van der Waals surface area contributed by atoms with Crippen LogP contribution in [0.5, 0.6) is 0 Å². The largest absolute Gasteiger partial charge is 0.362 e. The third kappa shape index (κ3) is 3.70. The number of hydrogen-bond donors (Lipinski definition) is 2. The second-order valence-corrected chi connectivity index (χ2v) is 9.19. The van der Waals surface area contributed by atoms with Crippen molar-refractivity contribution in [2.24, 2.45) is 4.40 Å². The Bertz CT molecular complexity index is 1260. The minimum atomic E-state index is -3.78. The van der Waals surface area contributed by atoms with Gasteiger partial charge < -0.3 is 15.2 Å². The Morgan fingerprint density at radius 2 is 1.87 bits per heavy atom. The number of carbonyl (C=O) groups is 1. The lowest BCUT2D eigenvalue weighted by molar-refractivity contribution is 0.102. The summed E-state index contributed by atoms with van der Waals surface area (Å²) in [6.45, 7) is 4.80. The normalized spacial score (nSPS) is 15.8. The van der Waals surface area contributed by atoms with E-state index in [-0.39, 0.29) is 10.8 Å². The zero-order valence-corrected chi connectivity index (χ0v) is 18.0. The third-order valence-corrected chi connectivity index (χ3v) is 6.88.